The molecule has 0 saturated heterocycles. The van der Waals surface area contributed by atoms with Gasteiger partial charge in [0.2, 0.25) is 0 Å². The van der Waals surface area contributed by atoms with E-state index in [1.165, 1.54) is 12.1 Å². The largest absolute Gasteiger partial charge is 0.545 e. The summed E-state index contributed by atoms with van der Waals surface area (Å²) in [5.41, 5.74) is 6.32. The first-order valence-corrected chi connectivity index (χ1v) is 3.99. The van der Waals surface area contributed by atoms with Crippen molar-refractivity contribution in [2.24, 2.45) is 5.73 Å². The van der Waals surface area contributed by atoms with E-state index in [0.29, 0.717) is 0 Å². The van der Waals surface area contributed by atoms with Crippen molar-refractivity contribution in [1.29, 1.82) is 0 Å². The Morgan fingerprint density at radius 3 is 2.50 bits per heavy atom. The number of benzene rings is 1. The number of halogens is 1. The van der Waals surface area contributed by atoms with Crippen LogP contribution in [0.2, 0.25) is 0 Å². The smallest absolute Gasteiger partial charge is 0.123 e. The monoisotopic (exact) mass is 194 g/mol. The third kappa shape index (κ3) is 3.26. The summed E-state index contributed by atoms with van der Waals surface area (Å²) in [6.45, 7) is 0. The molecule has 2 N–H and O–H groups in total. The van der Waals surface area contributed by atoms with Gasteiger partial charge in [0.1, 0.15) is 5.82 Å². The van der Waals surface area contributed by atoms with E-state index in [4.69, 9.17) is 5.73 Å². The van der Waals surface area contributed by atoms with Crippen LogP contribution in [0.15, 0.2) is 36.0 Å². The highest BCUT2D eigenvalue weighted by Crippen LogP contribution is 2.05. The van der Waals surface area contributed by atoms with E-state index in [0.717, 1.165) is 11.6 Å². The highest BCUT2D eigenvalue weighted by atomic mass is 19.1. The van der Waals surface area contributed by atoms with Crippen molar-refractivity contribution in [3.05, 3.63) is 47.4 Å². The maximum absolute atomic E-state index is 12.5. The summed E-state index contributed by atoms with van der Waals surface area (Å²) < 4.78 is 12.5. The average Bonchev–Trinajstić information content (AvgIpc) is 2.07. The van der Waals surface area contributed by atoms with Gasteiger partial charge in [-0.25, -0.2) is 4.39 Å². The average molecular weight is 194 g/mol. The van der Waals surface area contributed by atoms with Crippen LogP contribution in [0.3, 0.4) is 0 Å². The fourth-order valence-corrected chi connectivity index (χ4v) is 1.04. The normalized spacial score (nSPS) is 11.4. The second-order valence-electron chi connectivity index (χ2n) is 2.84. The Balaban J connectivity index is 2.69. The molecule has 3 nitrogen and oxygen atoms in total. The number of carboxylic acids is 1. The zero-order chi connectivity index (χ0) is 10.6. The van der Waals surface area contributed by atoms with Gasteiger partial charge in [-0.15, -0.1) is 0 Å². The van der Waals surface area contributed by atoms with E-state index in [1.807, 2.05) is 0 Å². The Morgan fingerprint density at radius 2 is 2.00 bits per heavy atom. The van der Waals surface area contributed by atoms with Crippen molar-refractivity contribution >= 4 is 5.97 Å². The lowest BCUT2D eigenvalue weighted by Gasteiger charge is -2.02. The molecule has 0 aliphatic rings. The van der Waals surface area contributed by atoms with Crippen molar-refractivity contribution in [2.75, 3.05) is 0 Å². The number of aliphatic carboxylic acids is 1. The zero-order valence-corrected chi connectivity index (χ0v) is 7.37. The van der Waals surface area contributed by atoms with Crippen LogP contribution in [-0.2, 0) is 11.2 Å². The molecule has 0 amide bonds. The molecule has 0 radical (unpaired) electrons. The predicted molar refractivity (Wildman–Crippen MR) is 47.4 cm³/mol. The number of carboxylic acid groups (broad SMARTS) is 1. The topological polar surface area (TPSA) is 66.2 Å². The number of carbonyl (C=O) groups excluding carboxylic acids is 1. The molecule has 0 aromatic heterocycles. The molecule has 0 aliphatic carbocycles. The molecular formula is C10H9FNO2-. The van der Waals surface area contributed by atoms with Crippen LogP contribution in [0.5, 0.6) is 0 Å². The Labute approximate surface area is 80.7 Å². The van der Waals surface area contributed by atoms with Gasteiger partial charge in [0.05, 0.1) is 5.97 Å². The van der Waals surface area contributed by atoms with Gasteiger partial charge >= 0.3 is 0 Å². The molecule has 0 spiro atoms. The van der Waals surface area contributed by atoms with Crippen molar-refractivity contribution in [2.45, 2.75) is 6.42 Å². The number of carbonyl (C=O) groups is 1. The lowest BCUT2D eigenvalue weighted by Crippen LogP contribution is -2.21. The van der Waals surface area contributed by atoms with Gasteiger partial charge < -0.3 is 15.6 Å². The van der Waals surface area contributed by atoms with Crippen LogP contribution < -0.4 is 10.8 Å². The van der Waals surface area contributed by atoms with Crippen molar-refractivity contribution in [3.8, 4) is 0 Å². The molecular weight excluding hydrogens is 185 g/mol. The van der Waals surface area contributed by atoms with Crippen LogP contribution in [0, 0.1) is 5.82 Å². The van der Waals surface area contributed by atoms with Crippen LogP contribution in [-0.4, -0.2) is 5.97 Å². The number of rotatable bonds is 3. The van der Waals surface area contributed by atoms with Crippen LogP contribution in [0.25, 0.3) is 0 Å². The Hall–Kier alpha value is -1.84. The molecule has 1 rings (SSSR count). The summed E-state index contributed by atoms with van der Waals surface area (Å²) in [5, 5.41) is 10.1. The first-order chi connectivity index (χ1) is 6.58. The van der Waals surface area contributed by atoms with Crippen molar-refractivity contribution < 1.29 is 14.3 Å². The molecule has 0 heterocycles. The molecule has 1 aromatic rings. The van der Waals surface area contributed by atoms with Gasteiger partial charge in [0.25, 0.3) is 0 Å². The highest BCUT2D eigenvalue weighted by Gasteiger charge is 1.96. The van der Waals surface area contributed by atoms with Gasteiger partial charge in [-0.2, -0.15) is 0 Å². The second-order valence-corrected chi connectivity index (χ2v) is 2.84. The van der Waals surface area contributed by atoms with Gasteiger partial charge in [0, 0.05) is 12.1 Å². The lowest BCUT2D eigenvalue weighted by molar-refractivity contribution is -0.297. The minimum Gasteiger partial charge on any atom is -0.545 e. The molecule has 0 bridgehead atoms. The fraction of sp³-hybridized carbons (Fsp3) is 0.100. The highest BCUT2D eigenvalue weighted by molar-refractivity contribution is 5.78. The van der Waals surface area contributed by atoms with Gasteiger partial charge in [-0.05, 0) is 23.8 Å². The van der Waals surface area contributed by atoms with E-state index in [1.54, 1.807) is 12.1 Å². The molecule has 74 valence electrons. The van der Waals surface area contributed by atoms with E-state index < -0.39 is 5.97 Å². The Bertz CT molecular complexity index is 357. The van der Waals surface area contributed by atoms with E-state index in [-0.39, 0.29) is 17.9 Å². The van der Waals surface area contributed by atoms with Crippen molar-refractivity contribution in [3.63, 3.8) is 0 Å². The summed E-state index contributed by atoms with van der Waals surface area (Å²) in [4.78, 5) is 10.1. The van der Waals surface area contributed by atoms with Gasteiger partial charge in [-0.1, -0.05) is 12.1 Å². The maximum Gasteiger partial charge on any atom is 0.123 e. The predicted octanol–water partition coefficient (Wildman–Crippen LogP) is -0.0393. The van der Waals surface area contributed by atoms with Crippen LogP contribution in [0.4, 0.5) is 4.39 Å². The molecule has 0 aliphatic heterocycles. The summed E-state index contributed by atoms with van der Waals surface area (Å²) in [6.07, 6.45) is 1.09. The summed E-state index contributed by atoms with van der Waals surface area (Å²) in [6, 6.07) is 5.68. The standard InChI is InChI=1S/C10H10FNO2/c11-8-3-1-7(2-4-8)5-9(12)6-10(13)14/h1-4,6H,5,12H2,(H,13,14)/p-1/b9-6-. The third-order valence-corrected chi connectivity index (χ3v) is 1.62. The molecule has 14 heavy (non-hydrogen) atoms. The molecule has 4 heteroatoms. The summed E-state index contributed by atoms with van der Waals surface area (Å²) >= 11 is 0. The quantitative estimate of drug-likeness (QED) is 0.686. The first kappa shape index (κ1) is 10.2. The minimum atomic E-state index is -1.33. The van der Waals surface area contributed by atoms with Crippen LogP contribution >= 0.6 is 0 Å². The van der Waals surface area contributed by atoms with Crippen molar-refractivity contribution in [1.82, 2.24) is 0 Å². The molecule has 0 fully saturated rings. The fourth-order valence-electron chi connectivity index (χ4n) is 1.04. The van der Waals surface area contributed by atoms with E-state index in [2.05, 4.69) is 0 Å². The number of nitrogens with two attached hydrogens (primary N) is 1. The first-order valence-electron chi connectivity index (χ1n) is 3.99. The number of hydrogen-bond acceptors (Lipinski definition) is 3. The maximum atomic E-state index is 12.5. The lowest BCUT2D eigenvalue weighted by atomic mass is 10.1. The molecule has 0 unspecified atom stereocenters. The van der Waals surface area contributed by atoms with E-state index in [9.17, 15) is 14.3 Å². The SMILES string of the molecule is N/C(=C\C(=O)[O-])Cc1ccc(F)cc1. The van der Waals surface area contributed by atoms with E-state index >= 15 is 0 Å². The summed E-state index contributed by atoms with van der Waals surface area (Å²) in [7, 11) is 0. The Kier molecular flexibility index (Phi) is 3.23. The van der Waals surface area contributed by atoms with Gasteiger partial charge in [-0.3, -0.25) is 0 Å². The minimum absolute atomic E-state index is 0.177. The van der Waals surface area contributed by atoms with Gasteiger partial charge in [0.15, 0.2) is 0 Å². The summed E-state index contributed by atoms with van der Waals surface area (Å²) in [5.74, 6) is -1.67. The third-order valence-electron chi connectivity index (χ3n) is 1.62. The molecule has 1 aromatic carbocycles. The number of allylic oxidation sites excluding steroid dienone is 1. The Morgan fingerprint density at radius 1 is 1.43 bits per heavy atom. The molecule has 0 atom stereocenters. The zero-order valence-electron chi connectivity index (χ0n) is 7.37. The second kappa shape index (κ2) is 4.41. The van der Waals surface area contributed by atoms with Crippen LogP contribution in [0.1, 0.15) is 5.56 Å². The number of hydrogen-bond donors (Lipinski definition) is 1. The molecule has 0 saturated carbocycles.